The molecule has 0 saturated carbocycles. The van der Waals surface area contributed by atoms with Gasteiger partial charge in [0.1, 0.15) is 0 Å². The third-order valence-corrected chi connectivity index (χ3v) is 7.79. The van der Waals surface area contributed by atoms with E-state index >= 15 is 4.39 Å². The van der Waals surface area contributed by atoms with Gasteiger partial charge in [0, 0.05) is 25.3 Å². The predicted octanol–water partition coefficient (Wildman–Crippen LogP) is 3.49. The van der Waals surface area contributed by atoms with E-state index in [1.807, 2.05) is 13.0 Å². The van der Waals surface area contributed by atoms with Gasteiger partial charge in [-0.2, -0.15) is 0 Å². The molecule has 10 nitrogen and oxygen atoms in total. The quantitative estimate of drug-likeness (QED) is 0.249. The second-order valence-electron chi connectivity index (χ2n) is 8.56. The van der Waals surface area contributed by atoms with Gasteiger partial charge in [-0.25, -0.2) is 9.18 Å². The lowest BCUT2D eigenvalue weighted by Gasteiger charge is -2.47. The van der Waals surface area contributed by atoms with Crippen molar-refractivity contribution in [3.8, 4) is 0 Å². The monoisotopic (exact) mass is 524 g/mol. The average Bonchev–Trinajstić information content (AvgIpc) is 2.83. The maximum atomic E-state index is 15.7. The molecule has 7 N–H and O–H groups in total. The first-order chi connectivity index (χ1) is 17.1. The molecule has 1 heterocycles. The van der Waals surface area contributed by atoms with Crippen LogP contribution in [0.4, 0.5) is 20.6 Å². The van der Waals surface area contributed by atoms with Gasteiger partial charge in [-0.3, -0.25) is 18.2 Å². The van der Waals surface area contributed by atoms with Crippen LogP contribution in [0.5, 0.6) is 0 Å². The maximum absolute atomic E-state index is 15.7. The summed E-state index contributed by atoms with van der Waals surface area (Å²) >= 11 is 0. The van der Waals surface area contributed by atoms with E-state index in [0.29, 0.717) is 25.1 Å². The van der Waals surface area contributed by atoms with Gasteiger partial charge in [0.25, 0.3) is 5.91 Å². The molecule has 2 aromatic carbocycles. The Morgan fingerprint density at radius 1 is 1.17 bits per heavy atom. The molecule has 3 rings (SSSR count). The number of hydrogen-bond donors (Lipinski definition) is 7. The lowest BCUT2D eigenvalue weighted by atomic mass is 10.00. The highest BCUT2D eigenvalue weighted by Crippen LogP contribution is 2.50. The van der Waals surface area contributed by atoms with E-state index in [0.717, 1.165) is 5.56 Å². The zero-order chi connectivity index (χ0) is 26.3. The van der Waals surface area contributed by atoms with Crippen LogP contribution in [0.2, 0.25) is 0 Å². The summed E-state index contributed by atoms with van der Waals surface area (Å²) in [4.78, 5) is 24.2. The highest BCUT2D eigenvalue weighted by molar-refractivity contribution is 8.25. The van der Waals surface area contributed by atoms with Gasteiger partial charge in [0.15, 0.2) is 5.82 Å². The Kier molecular flexibility index (Phi) is 9.37. The number of aliphatic hydroxyl groups is 1. The van der Waals surface area contributed by atoms with E-state index in [1.165, 1.54) is 16.4 Å². The minimum atomic E-state index is -3.24. The minimum Gasteiger partial charge on any atom is -0.465 e. The number of nitrogens with one attached hydrogen (secondary N) is 3. The normalized spacial score (nSPS) is 17.5. The zero-order valence-corrected chi connectivity index (χ0v) is 20.8. The first-order valence-electron chi connectivity index (χ1n) is 11.7. The number of carboxylic acid groups (broad SMARTS) is 1. The molecule has 2 aromatic rings. The Labute approximate surface area is 211 Å². The molecular weight excluding hydrogens is 491 g/mol. The minimum absolute atomic E-state index is 0.0917. The second-order valence-corrected chi connectivity index (χ2v) is 10.7. The summed E-state index contributed by atoms with van der Waals surface area (Å²) < 4.78 is 38.0. The van der Waals surface area contributed by atoms with Gasteiger partial charge in [0.2, 0.25) is 0 Å². The van der Waals surface area contributed by atoms with Crippen molar-refractivity contribution in [3.05, 3.63) is 59.4 Å². The Bertz CT molecular complexity index is 1060. The van der Waals surface area contributed by atoms with Crippen molar-refractivity contribution in [1.82, 2.24) is 10.6 Å². The van der Waals surface area contributed by atoms with Gasteiger partial charge in [0.05, 0.1) is 29.1 Å². The SMILES string of the molecule is CCNc1cc(C(=O)N[C@@H](Cc2ccccc2)[C@H](O)CNC(=O)O)c(F)c(N2CCCCS2(O)O)c1. The Balaban J connectivity index is 1.93. The van der Waals surface area contributed by atoms with Crippen molar-refractivity contribution >= 4 is 34.2 Å². The van der Waals surface area contributed by atoms with E-state index in [1.54, 1.807) is 24.3 Å². The van der Waals surface area contributed by atoms with Crippen LogP contribution in [-0.2, 0) is 6.42 Å². The average molecular weight is 525 g/mol. The highest BCUT2D eigenvalue weighted by Gasteiger charge is 2.32. The van der Waals surface area contributed by atoms with Crippen LogP contribution < -0.4 is 20.3 Å². The van der Waals surface area contributed by atoms with Crippen LogP contribution in [-0.4, -0.2) is 68.9 Å². The predicted molar refractivity (Wildman–Crippen MR) is 138 cm³/mol. The van der Waals surface area contributed by atoms with Gasteiger partial charge < -0.3 is 26.2 Å². The first kappa shape index (κ1) is 27.5. The van der Waals surface area contributed by atoms with Crippen molar-refractivity contribution < 1.29 is 33.3 Å². The number of aliphatic hydroxyl groups excluding tert-OH is 1. The molecule has 1 fully saturated rings. The van der Waals surface area contributed by atoms with Crippen LogP contribution in [0, 0.1) is 5.82 Å². The zero-order valence-electron chi connectivity index (χ0n) is 20.0. The van der Waals surface area contributed by atoms with Gasteiger partial charge in [-0.1, -0.05) is 30.3 Å². The molecule has 2 atom stereocenters. The van der Waals surface area contributed by atoms with E-state index in [4.69, 9.17) is 5.11 Å². The number of carbonyl (C=O) groups is 2. The number of benzene rings is 2. The second kappa shape index (κ2) is 12.3. The standard InChI is InChI=1S/C24H33FN4O6S/c1-2-26-17-13-18(22(25)20(14-17)29-10-6-7-11-36(29,34)35)23(31)28-19(21(30)15-27-24(32)33)12-16-8-4-3-5-9-16/h3-5,8-9,13-14,19,21,26-27,30,34-35H,2,6-7,10-12,15H2,1H3,(H,28,31)(H,32,33)/t19-,21+/m0/s1. The number of carbonyl (C=O) groups excluding carboxylic acids is 1. The number of amides is 2. The Hall–Kier alpha value is -3.06. The summed E-state index contributed by atoms with van der Waals surface area (Å²) in [5.74, 6) is -1.62. The van der Waals surface area contributed by atoms with Crippen LogP contribution in [0.3, 0.4) is 0 Å². The van der Waals surface area contributed by atoms with Crippen molar-refractivity contribution in [2.75, 3.05) is 35.0 Å². The summed E-state index contributed by atoms with van der Waals surface area (Å²) in [6.07, 6.45) is -1.20. The van der Waals surface area contributed by atoms with Crippen LogP contribution in [0.25, 0.3) is 0 Å². The number of nitrogens with zero attached hydrogens (tertiary/aromatic N) is 1. The largest absolute Gasteiger partial charge is 0.465 e. The molecule has 1 saturated heterocycles. The molecule has 198 valence electrons. The molecule has 0 aromatic heterocycles. The molecule has 0 spiro atoms. The number of rotatable bonds is 10. The number of halogens is 1. The fraction of sp³-hybridized carbons (Fsp3) is 0.417. The smallest absolute Gasteiger partial charge is 0.404 e. The molecule has 0 aliphatic carbocycles. The number of hydrogen-bond acceptors (Lipinski definition) is 7. The third-order valence-electron chi connectivity index (χ3n) is 5.87. The fourth-order valence-corrected chi connectivity index (χ4v) is 5.76. The fourth-order valence-electron chi connectivity index (χ4n) is 4.08. The molecule has 1 aliphatic heterocycles. The maximum Gasteiger partial charge on any atom is 0.404 e. The Morgan fingerprint density at radius 3 is 2.53 bits per heavy atom. The van der Waals surface area contributed by atoms with Crippen LogP contribution in [0.15, 0.2) is 42.5 Å². The van der Waals surface area contributed by atoms with Crippen LogP contribution >= 0.6 is 10.8 Å². The summed E-state index contributed by atoms with van der Waals surface area (Å²) in [5.41, 5.74) is 0.779. The van der Waals surface area contributed by atoms with Crippen molar-refractivity contribution in [2.24, 2.45) is 0 Å². The molecule has 0 unspecified atom stereocenters. The van der Waals surface area contributed by atoms with Crippen molar-refractivity contribution in [3.63, 3.8) is 0 Å². The first-order valence-corrected chi connectivity index (χ1v) is 13.4. The van der Waals surface area contributed by atoms with Crippen LogP contribution in [0.1, 0.15) is 35.7 Å². The van der Waals surface area contributed by atoms with E-state index < -0.39 is 40.7 Å². The van der Waals surface area contributed by atoms with Crippen molar-refractivity contribution in [2.45, 2.75) is 38.3 Å². The number of anilines is 2. The molecule has 2 amide bonds. The third kappa shape index (κ3) is 7.00. The lowest BCUT2D eigenvalue weighted by molar-refractivity contribution is 0.0826. The summed E-state index contributed by atoms with van der Waals surface area (Å²) in [6, 6.07) is 10.8. The summed E-state index contributed by atoms with van der Waals surface area (Å²) in [5, 5.41) is 27.3. The van der Waals surface area contributed by atoms with Gasteiger partial charge in [-0.05, 0) is 43.9 Å². The molecule has 0 bridgehead atoms. The molecule has 12 heteroatoms. The van der Waals surface area contributed by atoms with Gasteiger partial charge >= 0.3 is 6.09 Å². The topological polar surface area (TPSA) is 154 Å². The molecule has 1 aliphatic rings. The van der Waals surface area contributed by atoms with Crippen molar-refractivity contribution in [1.29, 1.82) is 0 Å². The summed E-state index contributed by atoms with van der Waals surface area (Å²) in [7, 11) is -3.24. The Morgan fingerprint density at radius 2 is 1.89 bits per heavy atom. The summed E-state index contributed by atoms with van der Waals surface area (Å²) in [6.45, 7) is 2.20. The van der Waals surface area contributed by atoms with Gasteiger partial charge in [-0.15, -0.1) is 10.8 Å². The molecular formula is C24H33FN4O6S. The van der Waals surface area contributed by atoms with E-state index in [2.05, 4.69) is 16.0 Å². The molecule has 36 heavy (non-hydrogen) atoms. The lowest BCUT2D eigenvalue weighted by Crippen LogP contribution is -2.49. The van der Waals surface area contributed by atoms with E-state index in [-0.39, 0.29) is 36.5 Å². The molecule has 0 radical (unpaired) electrons. The van der Waals surface area contributed by atoms with E-state index in [9.17, 15) is 23.8 Å². The highest BCUT2D eigenvalue weighted by atomic mass is 32.3.